The van der Waals surface area contributed by atoms with Gasteiger partial charge in [-0.15, -0.1) is 0 Å². The highest BCUT2D eigenvalue weighted by molar-refractivity contribution is 7.93. The summed E-state index contributed by atoms with van der Waals surface area (Å²) in [6.07, 6.45) is 5.51. The third-order valence-corrected chi connectivity index (χ3v) is 16.2. The van der Waals surface area contributed by atoms with Gasteiger partial charge in [0.1, 0.15) is 11.9 Å². The Kier molecular flexibility index (Phi) is 16.0. The molecule has 1 unspecified atom stereocenters. The van der Waals surface area contributed by atoms with E-state index < -0.39 is 25.9 Å². The highest BCUT2D eigenvalue weighted by Crippen LogP contribution is 2.31. The second kappa shape index (κ2) is 23.1. The van der Waals surface area contributed by atoms with Crippen molar-refractivity contribution in [2.45, 2.75) is 35.8 Å². The largest absolute Gasteiger partial charge is 0.370 e. The first kappa shape index (κ1) is 51.3. The molecule has 0 bridgehead atoms. The van der Waals surface area contributed by atoms with Crippen molar-refractivity contribution in [2.75, 3.05) is 59.4 Å². The van der Waals surface area contributed by atoms with Crippen LogP contribution in [0, 0.1) is 5.82 Å². The van der Waals surface area contributed by atoms with Gasteiger partial charge >= 0.3 is 0 Å². The Labute approximate surface area is 432 Å². The number of imidazole rings is 2. The average molecular weight is 1040 g/mol. The van der Waals surface area contributed by atoms with Crippen LogP contribution in [0.5, 0.6) is 0 Å². The molecule has 15 nitrogen and oxygen atoms in total. The molecule has 74 heavy (non-hydrogen) atoms. The lowest BCUT2D eigenvalue weighted by molar-refractivity contribution is -0.0228. The zero-order chi connectivity index (χ0) is 51.7. The first-order valence-electron chi connectivity index (χ1n) is 24.3. The van der Waals surface area contributed by atoms with E-state index in [1.54, 1.807) is 47.8 Å². The molecule has 0 radical (unpaired) electrons. The summed E-state index contributed by atoms with van der Waals surface area (Å²) >= 11 is 0. The lowest BCUT2D eigenvalue weighted by Crippen LogP contribution is -2.45. The van der Waals surface area contributed by atoms with Gasteiger partial charge in [-0.2, -0.15) is 16.8 Å². The van der Waals surface area contributed by atoms with Crippen molar-refractivity contribution < 1.29 is 30.8 Å². The second-order valence-electron chi connectivity index (χ2n) is 18.2. The summed E-state index contributed by atoms with van der Waals surface area (Å²) in [5, 5.41) is -0.156. The number of halogens is 1. The van der Waals surface area contributed by atoms with Gasteiger partial charge in [0.2, 0.25) is 0 Å². The number of anilines is 3. The molecule has 8 aromatic rings. The first-order valence-corrected chi connectivity index (χ1v) is 27.2. The van der Waals surface area contributed by atoms with Crippen LogP contribution in [0.25, 0.3) is 0 Å². The number of morpholine rings is 1. The van der Waals surface area contributed by atoms with E-state index in [-0.39, 0.29) is 46.4 Å². The van der Waals surface area contributed by atoms with Crippen molar-refractivity contribution in [3.05, 3.63) is 222 Å². The zero-order valence-corrected chi connectivity index (χ0v) is 42.8. The number of sulfonamides is 2. The van der Waals surface area contributed by atoms with Crippen LogP contribution in [0.3, 0.4) is 0 Å². The van der Waals surface area contributed by atoms with Gasteiger partial charge in [0.25, 0.3) is 26.0 Å². The SMILES string of the molecule is Cn1cnc(S(=O)(=O)N(Cc2ccccc2)c2ccc(C(=O)N3CCOC(c4ccccc4)C3)cc2F)c1.Cn1cnc(S(=O)(=O)N(Cc2ccccc2)c2ccc(CN3CCN(c4ccccc4)CC3)cc2)c1. The number of carbonyl (C=O) groups excluding carboxylic acids is 1. The van der Waals surface area contributed by atoms with E-state index in [2.05, 4.69) is 44.0 Å². The van der Waals surface area contributed by atoms with Gasteiger partial charge in [0.05, 0.1) is 50.3 Å². The highest BCUT2D eigenvalue weighted by Gasteiger charge is 2.32. The summed E-state index contributed by atoms with van der Waals surface area (Å²) < 4.78 is 81.2. The number of rotatable bonds is 15. The minimum Gasteiger partial charge on any atom is -0.370 e. The quantitative estimate of drug-likeness (QED) is 0.0983. The molecule has 0 spiro atoms. The maximum Gasteiger partial charge on any atom is 0.283 e. The summed E-state index contributed by atoms with van der Waals surface area (Å²) in [5.41, 5.74) is 5.58. The Hall–Kier alpha value is -7.64. The van der Waals surface area contributed by atoms with Crippen LogP contribution in [0.1, 0.15) is 38.7 Å². The van der Waals surface area contributed by atoms with Gasteiger partial charge in [-0.25, -0.2) is 14.4 Å². The molecule has 2 aromatic heterocycles. The third kappa shape index (κ3) is 12.2. The van der Waals surface area contributed by atoms with E-state index in [9.17, 15) is 21.6 Å². The number of piperazine rings is 1. The lowest BCUT2D eigenvalue weighted by atomic mass is 10.1. The molecule has 10 rings (SSSR count). The van der Waals surface area contributed by atoms with E-state index in [0.717, 1.165) is 54.2 Å². The molecule has 2 aliphatic heterocycles. The molecule has 4 heterocycles. The molecule has 0 aliphatic carbocycles. The van der Waals surface area contributed by atoms with Gasteiger partial charge in [0.15, 0.2) is 10.1 Å². The van der Waals surface area contributed by atoms with Gasteiger partial charge in [-0.3, -0.25) is 18.3 Å². The molecule has 6 aromatic carbocycles. The maximum atomic E-state index is 15.6. The summed E-state index contributed by atoms with van der Waals surface area (Å²) in [4.78, 5) is 27.9. The Balaban J connectivity index is 0.000000182. The fraction of sp³-hybridized carbons (Fsp3) is 0.232. The number of nitrogens with zero attached hydrogens (tertiary/aromatic N) is 9. The van der Waals surface area contributed by atoms with E-state index in [0.29, 0.717) is 30.9 Å². The number of benzene rings is 6. The third-order valence-electron chi connectivity index (χ3n) is 12.9. The number of para-hydroxylation sites is 1. The number of aromatic nitrogens is 4. The molecule has 2 saturated heterocycles. The normalized spacial score (nSPS) is 15.3. The van der Waals surface area contributed by atoms with Crippen molar-refractivity contribution in [3.8, 4) is 0 Å². The van der Waals surface area contributed by atoms with E-state index in [1.807, 2.05) is 97.1 Å². The van der Waals surface area contributed by atoms with Gasteiger partial charge in [-0.05, 0) is 64.7 Å². The Morgan fingerprint density at radius 2 is 1.15 bits per heavy atom. The minimum atomic E-state index is -4.20. The molecule has 2 aliphatic rings. The number of hydrogen-bond donors (Lipinski definition) is 0. The molecule has 382 valence electrons. The predicted octanol–water partition coefficient (Wildman–Crippen LogP) is 8.31. The molecular formula is C56H58FN9O6S2. The Morgan fingerprint density at radius 1 is 0.622 bits per heavy atom. The van der Waals surface area contributed by atoms with Crippen molar-refractivity contribution >= 4 is 43.0 Å². The lowest BCUT2D eigenvalue weighted by Gasteiger charge is -2.36. The predicted molar refractivity (Wildman–Crippen MR) is 284 cm³/mol. The Morgan fingerprint density at radius 3 is 1.69 bits per heavy atom. The monoisotopic (exact) mass is 1040 g/mol. The Bertz CT molecular complexity index is 3340. The maximum absolute atomic E-state index is 15.6. The molecule has 18 heteroatoms. The average Bonchev–Trinajstić information content (AvgIpc) is 4.10. The van der Waals surface area contributed by atoms with Gasteiger partial charge in [0, 0.05) is 77.0 Å². The molecule has 1 atom stereocenters. The summed E-state index contributed by atoms with van der Waals surface area (Å²) in [7, 11) is -4.59. The number of amides is 1. The number of carbonyl (C=O) groups is 1. The van der Waals surface area contributed by atoms with Crippen LogP contribution in [-0.2, 0) is 58.5 Å². The summed E-state index contributed by atoms with van der Waals surface area (Å²) in [6.45, 7) is 6.01. The molecular weight excluding hydrogens is 978 g/mol. The fourth-order valence-electron chi connectivity index (χ4n) is 8.94. The number of aryl methyl sites for hydroxylation is 2. The van der Waals surface area contributed by atoms with Crippen molar-refractivity contribution in [1.29, 1.82) is 0 Å². The van der Waals surface area contributed by atoms with Crippen molar-refractivity contribution in [2.24, 2.45) is 14.1 Å². The highest BCUT2D eigenvalue weighted by atomic mass is 32.2. The smallest absolute Gasteiger partial charge is 0.283 e. The topological polar surface area (TPSA) is 146 Å². The van der Waals surface area contributed by atoms with Crippen molar-refractivity contribution in [3.63, 3.8) is 0 Å². The van der Waals surface area contributed by atoms with Gasteiger partial charge in [-0.1, -0.05) is 121 Å². The fourth-order valence-corrected chi connectivity index (χ4v) is 11.8. The number of hydrogen-bond acceptors (Lipinski definition) is 10. The van der Waals surface area contributed by atoms with Crippen LogP contribution in [0.2, 0.25) is 0 Å². The van der Waals surface area contributed by atoms with Crippen LogP contribution in [0.4, 0.5) is 21.5 Å². The standard InChI is InChI=1S/C28H27FN4O4S.C28H31N5O2S/c1-31-19-27(30-20-31)38(35,36)33(17-21-8-4-2-5-9-21)25-13-12-23(16-24(25)29)28(34)32-14-15-37-26(18-32)22-10-6-3-7-11-22;1-30-22-28(29-23-30)36(34,35)33(21-24-8-4-2-5-9-24)27-14-12-25(13-15-27)20-31-16-18-32(19-17-31)26-10-6-3-7-11-26/h2-13,16,19-20,26H,14-15,17-18H2,1H3;2-15,22-23H,16-21H2,1H3. The molecule has 1 amide bonds. The molecule has 2 fully saturated rings. The summed E-state index contributed by atoms with van der Waals surface area (Å²) in [6, 6.07) is 50.4. The minimum absolute atomic E-state index is 0.0429. The van der Waals surface area contributed by atoms with Crippen LogP contribution >= 0.6 is 0 Å². The van der Waals surface area contributed by atoms with Crippen LogP contribution in [0.15, 0.2) is 199 Å². The molecule has 0 saturated carbocycles. The van der Waals surface area contributed by atoms with Gasteiger partial charge < -0.3 is 23.7 Å². The van der Waals surface area contributed by atoms with E-state index in [4.69, 9.17) is 4.74 Å². The number of ether oxygens (including phenoxy) is 1. The second-order valence-corrected chi connectivity index (χ2v) is 21.8. The molecule has 0 N–H and O–H groups in total. The zero-order valence-electron chi connectivity index (χ0n) is 41.2. The van der Waals surface area contributed by atoms with Crippen LogP contribution in [-0.4, -0.2) is 97.5 Å². The first-order chi connectivity index (χ1) is 35.8. The van der Waals surface area contributed by atoms with Crippen LogP contribution < -0.4 is 13.5 Å². The summed E-state index contributed by atoms with van der Waals surface area (Å²) in [5.74, 6) is -1.17. The van der Waals surface area contributed by atoms with Crippen molar-refractivity contribution in [1.82, 2.24) is 28.9 Å². The van der Waals surface area contributed by atoms with E-state index >= 15 is 4.39 Å². The van der Waals surface area contributed by atoms with E-state index in [1.165, 1.54) is 57.3 Å².